The molecule has 18 heavy (non-hydrogen) atoms. The molecule has 102 valence electrons. The lowest BCUT2D eigenvalue weighted by molar-refractivity contribution is -0.146. The van der Waals surface area contributed by atoms with Crippen molar-refractivity contribution in [3.63, 3.8) is 0 Å². The van der Waals surface area contributed by atoms with Gasteiger partial charge in [0.15, 0.2) is 0 Å². The summed E-state index contributed by atoms with van der Waals surface area (Å²) >= 11 is 0. The standard InChI is InChI=1S/C14H23NO3/c1-7(2)9-5-11(15-13(9)16)12-6-10(8(3)4)14(17)18-12/h7-12H,5-6H2,1-4H3,(H,15,16)/t9-,10-,11-,12-/m0/s1. The highest BCUT2D eigenvalue weighted by molar-refractivity contribution is 5.82. The molecule has 0 aromatic heterocycles. The van der Waals surface area contributed by atoms with Gasteiger partial charge < -0.3 is 10.1 Å². The van der Waals surface area contributed by atoms with Crippen LogP contribution in [0.15, 0.2) is 0 Å². The van der Waals surface area contributed by atoms with Crippen LogP contribution in [0.1, 0.15) is 40.5 Å². The maximum Gasteiger partial charge on any atom is 0.309 e. The van der Waals surface area contributed by atoms with Crippen LogP contribution in [0, 0.1) is 23.7 Å². The van der Waals surface area contributed by atoms with Gasteiger partial charge in [0.05, 0.1) is 12.0 Å². The molecule has 4 atom stereocenters. The van der Waals surface area contributed by atoms with E-state index in [9.17, 15) is 9.59 Å². The van der Waals surface area contributed by atoms with Crippen molar-refractivity contribution in [2.24, 2.45) is 23.7 Å². The maximum atomic E-state index is 11.8. The quantitative estimate of drug-likeness (QED) is 0.779. The molecule has 2 aliphatic heterocycles. The van der Waals surface area contributed by atoms with Gasteiger partial charge >= 0.3 is 5.97 Å². The zero-order chi connectivity index (χ0) is 13.4. The van der Waals surface area contributed by atoms with Crippen LogP contribution in [0.4, 0.5) is 0 Å². The first-order valence-corrected chi connectivity index (χ1v) is 6.91. The lowest BCUT2D eigenvalue weighted by Crippen LogP contribution is -2.36. The molecular weight excluding hydrogens is 230 g/mol. The van der Waals surface area contributed by atoms with Crippen LogP contribution in [0.2, 0.25) is 0 Å². The first-order valence-electron chi connectivity index (χ1n) is 6.91. The molecule has 0 aromatic carbocycles. The number of carbonyl (C=O) groups excluding carboxylic acids is 2. The van der Waals surface area contributed by atoms with Gasteiger partial charge in [0.1, 0.15) is 6.10 Å². The fourth-order valence-electron chi connectivity index (χ4n) is 2.97. The number of rotatable bonds is 3. The summed E-state index contributed by atoms with van der Waals surface area (Å²) in [5.74, 6) is 0.710. The topological polar surface area (TPSA) is 55.4 Å². The van der Waals surface area contributed by atoms with Crippen molar-refractivity contribution >= 4 is 11.9 Å². The van der Waals surface area contributed by atoms with E-state index in [0.717, 1.165) is 12.8 Å². The Balaban J connectivity index is 1.99. The average Bonchev–Trinajstić information content (AvgIpc) is 2.81. The molecular formula is C14H23NO3. The van der Waals surface area contributed by atoms with Crippen molar-refractivity contribution in [3.05, 3.63) is 0 Å². The number of esters is 1. The number of cyclic esters (lactones) is 1. The van der Waals surface area contributed by atoms with E-state index in [0.29, 0.717) is 11.8 Å². The van der Waals surface area contributed by atoms with Crippen molar-refractivity contribution in [2.45, 2.75) is 52.7 Å². The number of hydrogen-bond acceptors (Lipinski definition) is 3. The lowest BCUT2D eigenvalue weighted by Gasteiger charge is -2.17. The van der Waals surface area contributed by atoms with Gasteiger partial charge in [0.2, 0.25) is 5.91 Å². The highest BCUT2D eigenvalue weighted by Crippen LogP contribution is 2.34. The summed E-state index contributed by atoms with van der Waals surface area (Å²) < 4.78 is 5.44. The van der Waals surface area contributed by atoms with Crippen LogP contribution in [-0.2, 0) is 14.3 Å². The molecule has 2 heterocycles. The first kappa shape index (κ1) is 13.4. The molecule has 4 heteroatoms. The monoisotopic (exact) mass is 253 g/mol. The summed E-state index contributed by atoms with van der Waals surface area (Å²) in [6, 6.07) is 0.0117. The molecule has 0 saturated carbocycles. The van der Waals surface area contributed by atoms with Crippen molar-refractivity contribution < 1.29 is 14.3 Å². The molecule has 1 N–H and O–H groups in total. The predicted molar refractivity (Wildman–Crippen MR) is 67.7 cm³/mol. The molecule has 0 unspecified atom stereocenters. The third kappa shape index (κ3) is 2.38. The Morgan fingerprint density at radius 1 is 1.06 bits per heavy atom. The Kier molecular flexibility index (Phi) is 3.64. The Labute approximate surface area is 108 Å². The maximum absolute atomic E-state index is 11.8. The van der Waals surface area contributed by atoms with Crippen LogP contribution in [0.5, 0.6) is 0 Å². The summed E-state index contributed by atoms with van der Waals surface area (Å²) in [6.07, 6.45) is 1.41. The van der Waals surface area contributed by atoms with Crippen LogP contribution in [-0.4, -0.2) is 24.0 Å². The second-order valence-corrected chi connectivity index (χ2v) is 6.26. The van der Waals surface area contributed by atoms with E-state index in [4.69, 9.17) is 4.74 Å². The number of nitrogens with one attached hydrogen (secondary N) is 1. The van der Waals surface area contributed by atoms with Crippen LogP contribution < -0.4 is 5.32 Å². The van der Waals surface area contributed by atoms with Gasteiger partial charge in [0.25, 0.3) is 0 Å². The summed E-state index contributed by atoms with van der Waals surface area (Å²) in [6.45, 7) is 8.20. The Morgan fingerprint density at radius 3 is 2.11 bits per heavy atom. The lowest BCUT2D eigenvalue weighted by atomic mass is 9.88. The van der Waals surface area contributed by atoms with Crippen LogP contribution in [0.3, 0.4) is 0 Å². The fraction of sp³-hybridized carbons (Fsp3) is 0.857. The predicted octanol–water partition coefficient (Wildman–Crippen LogP) is 1.73. The fourth-order valence-corrected chi connectivity index (χ4v) is 2.97. The summed E-state index contributed by atoms with van der Waals surface area (Å²) in [5, 5.41) is 2.99. The molecule has 0 radical (unpaired) electrons. The van der Waals surface area contributed by atoms with Gasteiger partial charge in [-0.1, -0.05) is 27.7 Å². The molecule has 1 amide bonds. The largest absolute Gasteiger partial charge is 0.460 e. The number of carbonyl (C=O) groups is 2. The van der Waals surface area contributed by atoms with Crippen LogP contribution >= 0.6 is 0 Å². The molecule has 0 spiro atoms. The zero-order valence-corrected chi connectivity index (χ0v) is 11.6. The molecule has 2 saturated heterocycles. The smallest absolute Gasteiger partial charge is 0.309 e. The van der Waals surface area contributed by atoms with E-state index >= 15 is 0 Å². The highest BCUT2D eigenvalue weighted by atomic mass is 16.6. The van der Waals surface area contributed by atoms with Gasteiger partial charge in [-0.15, -0.1) is 0 Å². The van der Waals surface area contributed by atoms with Crippen molar-refractivity contribution in [3.8, 4) is 0 Å². The second-order valence-electron chi connectivity index (χ2n) is 6.26. The minimum Gasteiger partial charge on any atom is -0.460 e. The third-order valence-corrected chi connectivity index (χ3v) is 4.29. The van der Waals surface area contributed by atoms with Gasteiger partial charge in [0, 0.05) is 5.92 Å². The molecule has 0 aliphatic carbocycles. The van der Waals surface area contributed by atoms with Gasteiger partial charge in [-0.25, -0.2) is 0 Å². The molecule has 2 aliphatic rings. The number of hydrogen-bond donors (Lipinski definition) is 1. The second kappa shape index (κ2) is 4.90. The molecule has 2 fully saturated rings. The minimum absolute atomic E-state index is 0.00926. The molecule has 4 nitrogen and oxygen atoms in total. The SMILES string of the molecule is CC(C)[C@@H]1C[C@@H]([C@@H]2C[C@@H](C(C)C)C(=O)O2)NC1=O. The van der Waals surface area contributed by atoms with Crippen molar-refractivity contribution in [1.29, 1.82) is 0 Å². The van der Waals surface area contributed by atoms with Gasteiger partial charge in [-0.2, -0.15) is 0 Å². The van der Waals surface area contributed by atoms with Crippen molar-refractivity contribution in [1.82, 2.24) is 5.32 Å². The van der Waals surface area contributed by atoms with Gasteiger partial charge in [-0.3, -0.25) is 9.59 Å². The molecule has 0 aromatic rings. The van der Waals surface area contributed by atoms with E-state index in [2.05, 4.69) is 19.2 Å². The van der Waals surface area contributed by atoms with Crippen molar-refractivity contribution in [2.75, 3.05) is 0 Å². The van der Waals surface area contributed by atoms with E-state index in [-0.39, 0.29) is 35.9 Å². The van der Waals surface area contributed by atoms with E-state index in [1.54, 1.807) is 0 Å². The average molecular weight is 253 g/mol. The Morgan fingerprint density at radius 2 is 1.67 bits per heavy atom. The highest BCUT2D eigenvalue weighted by Gasteiger charge is 2.45. The summed E-state index contributed by atoms with van der Waals surface area (Å²) in [7, 11) is 0. The normalized spacial score (nSPS) is 36.3. The number of amides is 1. The molecule has 0 bridgehead atoms. The van der Waals surface area contributed by atoms with E-state index in [1.165, 1.54) is 0 Å². The Bertz CT molecular complexity index is 317. The minimum atomic E-state index is -0.127. The van der Waals surface area contributed by atoms with Crippen LogP contribution in [0.25, 0.3) is 0 Å². The van der Waals surface area contributed by atoms with E-state index < -0.39 is 0 Å². The van der Waals surface area contributed by atoms with Gasteiger partial charge in [-0.05, 0) is 24.7 Å². The summed E-state index contributed by atoms with van der Waals surface area (Å²) in [5.41, 5.74) is 0. The van der Waals surface area contributed by atoms with E-state index in [1.807, 2.05) is 13.8 Å². The number of ether oxygens (including phenoxy) is 1. The summed E-state index contributed by atoms with van der Waals surface area (Å²) in [4.78, 5) is 23.6. The Hall–Kier alpha value is -1.06. The molecule has 2 rings (SSSR count). The zero-order valence-electron chi connectivity index (χ0n) is 11.6. The first-order chi connectivity index (χ1) is 8.40. The third-order valence-electron chi connectivity index (χ3n) is 4.29.